The number of hydrogen-bond acceptors (Lipinski definition) is 4. The highest BCUT2D eigenvalue weighted by molar-refractivity contribution is 5.83. The van der Waals surface area contributed by atoms with E-state index < -0.39 is 28.9 Å². The SMILES string of the molecule is CC(=O)Oc1ccc(-c2c(C(F)(F)F)oc3cc(C)ccc3c2=O)cc1. The Balaban J connectivity index is 2.27. The van der Waals surface area contributed by atoms with E-state index in [1.807, 2.05) is 0 Å². The average Bonchev–Trinajstić information content (AvgIpc) is 2.54. The average molecular weight is 362 g/mol. The van der Waals surface area contributed by atoms with Gasteiger partial charge in [0.1, 0.15) is 11.3 Å². The molecular formula is C19H13F3O4. The predicted molar refractivity (Wildman–Crippen MR) is 89.0 cm³/mol. The van der Waals surface area contributed by atoms with Gasteiger partial charge in [0.05, 0.1) is 10.9 Å². The molecule has 1 aromatic heterocycles. The summed E-state index contributed by atoms with van der Waals surface area (Å²) in [6, 6.07) is 9.64. The van der Waals surface area contributed by atoms with Crippen molar-refractivity contribution >= 4 is 16.9 Å². The van der Waals surface area contributed by atoms with Crippen LogP contribution in [-0.4, -0.2) is 5.97 Å². The van der Waals surface area contributed by atoms with Crippen molar-refractivity contribution in [3.8, 4) is 16.9 Å². The van der Waals surface area contributed by atoms with Crippen LogP contribution in [0.2, 0.25) is 0 Å². The first-order chi connectivity index (χ1) is 12.2. The summed E-state index contributed by atoms with van der Waals surface area (Å²) in [5.41, 5.74) is -0.790. The van der Waals surface area contributed by atoms with Crippen LogP contribution in [0.4, 0.5) is 13.2 Å². The molecule has 26 heavy (non-hydrogen) atoms. The molecule has 0 fully saturated rings. The Morgan fingerprint density at radius 3 is 2.31 bits per heavy atom. The van der Waals surface area contributed by atoms with Crippen molar-refractivity contribution in [3.63, 3.8) is 0 Å². The molecule has 7 heteroatoms. The van der Waals surface area contributed by atoms with Crippen molar-refractivity contribution in [2.75, 3.05) is 0 Å². The molecule has 134 valence electrons. The second-order valence-corrected chi connectivity index (χ2v) is 5.75. The summed E-state index contributed by atoms with van der Waals surface area (Å²) in [5.74, 6) is -1.76. The summed E-state index contributed by atoms with van der Waals surface area (Å²) in [4.78, 5) is 23.7. The van der Waals surface area contributed by atoms with Crippen LogP contribution in [-0.2, 0) is 11.0 Å². The molecule has 0 amide bonds. The Morgan fingerprint density at radius 1 is 1.08 bits per heavy atom. The summed E-state index contributed by atoms with van der Waals surface area (Å²) in [6.45, 7) is 2.89. The Hall–Kier alpha value is -3.09. The number of ether oxygens (including phenoxy) is 1. The van der Waals surface area contributed by atoms with Gasteiger partial charge in [-0.1, -0.05) is 18.2 Å². The minimum atomic E-state index is -4.85. The lowest BCUT2D eigenvalue weighted by atomic mass is 10.0. The van der Waals surface area contributed by atoms with Crippen molar-refractivity contribution in [2.45, 2.75) is 20.0 Å². The number of fused-ring (bicyclic) bond motifs is 1. The third-order valence-corrected chi connectivity index (χ3v) is 3.71. The molecule has 0 atom stereocenters. The van der Waals surface area contributed by atoms with Gasteiger partial charge in [-0.25, -0.2) is 0 Å². The quantitative estimate of drug-likeness (QED) is 0.489. The summed E-state index contributed by atoms with van der Waals surface area (Å²) in [7, 11) is 0. The maximum Gasteiger partial charge on any atom is 0.450 e. The third-order valence-electron chi connectivity index (χ3n) is 3.71. The Kier molecular flexibility index (Phi) is 4.31. The monoisotopic (exact) mass is 362 g/mol. The number of rotatable bonds is 2. The van der Waals surface area contributed by atoms with E-state index in [1.54, 1.807) is 13.0 Å². The van der Waals surface area contributed by atoms with E-state index in [0.717, 1.165) is 0 Å². The lowest BCUT2D eigenvalue weighted by molar-refractivity contribution is -0.152. The molecule has 0 saturated carbocycles. The standard InChI is InChI=1S/C19H13F3O4/c1-10-3-8-14-15(9-10)26-18(19(20,21)22)16(17(14)24)12-4-6-13(7-5-12)25-11(2)23/h3-9H,1-2H3. The van der Waals surface area contributed by atoms with E-state index in [0.29, 0.717) is 5.56 Å². The molecular weight excluding hydrogens is 349 g/mol. The fourth-order valence-corrected chi connectivity index (χ4v) is 2.62. The Labute approximate surface area is 145 Å². The fourth-order valence-electron chi connectivity index (χ4n) is 2.62. The number of carbonyl (C=O) groups excluding carboxylic acids is 1. The number of aryl methyl sites for hydroxylation is 1. The summed E-state index contributed by atoms with van der Waals surface area (Å²) in [6.07, 6.45) is -4.85. The van der Waals surface area contributed by atoms with Crippen LogP contribution in [0, 0.1) is 6.92 Å². The second kappa shape index (κ2) is 6.33. The largest absolute Gasteiger partial charge is 0.451 e. The van der Waals surface area contributed by atoms with Gasteiger partial charge in [-0.05, 0) is 42.3 Å². The van der Waals surface area contributed by atoms with Crippen molar-refractivity contribution in [1.82, 2.24) is 0 Å². The van der Waals surface area contributed by atoms with Crippen LogP contribution in [0.15, 0.2) is 51.7 Å². The second-order valence-electron chi connectivity index (χ2n) is 5.75. The molecule has 0 bridgehead atoms. The van der Waals surface area contributed by atoms with Gasteiger partial charge in [-0.15, -0.1) is 0 Å². The molecule has 1 heterocycles. The first-order valence-electron chi connectivity index (χ1n) is 7.60. The topological polar surface area (TPSA) is 56.5 Å². The molecule has 0 aliphatic heterocycles. The molecule has 3 aromatic rings. The molecule has 3 rings (SSSR count). The third kappa shape index (κ3) is 3.33. The summed E-state index contributed by atoms with van der Waals surface area (Å²) >= 11 is 0. The number of hydrogen-bond donors (Lipinski definition) is 0. The van der Waals surface area contributed by atoms with Crippen molar-refractivity contribution < 1.29 is 27.1 Å². The highest BCUT2D eigenvalue weighted by Gasteiger charge is 2.39. The molecule has 2 aromatic carbocycles. The highest BCUT2D eigenvalue weighted by atomic mass is 19.4. The van der Waals surface area contributed by atoms with Crippen LogP contribution >= 0.6 is 0 Å². The van der Waals surface area contributed by atoms with Gasteiger partial charge in [0.15, 0.2) is 0 Å². The Morgan fingerprint density at radius 2 is 1.73 bits per heavy atom. The van der Waals surface area contributed by atoms with E-state index in [2.05, 4.69) is 0 Å². The van der Waals surface area contributed by atoms with Gasteiger partial charge in [0.25, 0.3) is 0 Å². The zero-order chi connectivity index (χ0) is 19.1. The van der Waals surface area contributed by atoms with E-state index in [9.17, 15) is 22.8 Å². The van der Waals surface area contributed by atoms with Crippen molar-refractivity contribution in [1.29, 1.82) is 0 Å². The van der Waals surface area contributed by atoms with E-state index >= 15 is 0 Å². The van der Waals surface area contributed by atoms with E-state index in [4.69, 9.17) is 9.15 Å². The fraction of sp³-hybridized carbons (Fsp3) is 0.158. The molecule has 0 aliphatic rings. The summed E-state index contributed by atoms with van der Waals surface area (Å²) in [5, 5.41) is 0.0580. The maximum atomic E-state index is 13.5. The van der Waals surface area contributed by atoms with Gasteiger partial charge >= 0.3 is 12.1 Å². The molecule has 0 spiro atoms. The molecule has 0 radical (unpaired) electrons. The van der Waals surface area contributed by atoms with Gasteiger partial charge in [0.2, 0.25) is 11.2 Å². The van der Waals surface area contributed by atoms with Crippen LogP contribution in [0.5, 0.6) is 5.75 Å². The number of esters is 1. The number of halogens is 3. The van der Waals surface area contributed by atoms with E-state index in [1.165, 1.54) is 43.3 Å². The first kappa shape index (κ1) is 17.7. The molecule has 0 saturated heterocycles. The van der Waals surface area contributed by atoms with Crippen LogP contribution < -0.4 is 10.2 Å². The molecule has 0 N–H and O–H groups in total. The lowest BCUT2D eigenvalue weighted by Gasteiger charge is -2.13. The summed E-state index contributed by atoms with van der Waals surface area (Å²) < 4.78 is 50.4. The van der Waals surface area contributed by atoms with Crippen LogP contribution in [0.3, 0.4) is 0 Å². The van der Waals surface area contributed by atoms with Crippen molar-refractivity contribution in [3.05, 3.63) is 64.0 Å². The number of carbonyl (C=O) groups is 1. The zero-order valence-electron chi connectivity index (χ0n) is 13.8. The molecule has 4 nitrogen and oxygen atoms in total. The van der Waals surface area contributed by atoms with Crippen LogP contribution in [0.25, 0.3) is 22.1 Å². The Bertz CT molecular complexity index is 1050. The molecule has 0 unspecified atom stereocenters. The smallest absolute Gasteiger partial charge is 0.450 e. The minimum Gasteiger partial charge on any atom is -0.451 e. The first-order valence-corrected chi connectivity index (χ1v) is 7.60. The highest BCUT2D eigenvalue weighted by Crippen LogP contribution is 2.37. The van der Waals surface area contributed by atoms with Gasteiger partial charge < -0.3 is 9.15 Å². The van der Waals surface area contributed by atoms with Crippen molar-refractivity contribution in [2.24, 2.45) is 0 Å². The zero-order valence-corrected chi connectivity index (χ0v) is 13.8. The van der Waals surface area contributed by atoms with Gasteiger partial charge in [-0.3, -0.25) is 9.59 Å². The maximum absolute atomic E-state index is 13.5. The lowest BCUT2D eigenvalue weighted by Crippen LogP contribution is -2.16. The van der Waals surface area contributed by atoms with Crippen LogP contribution in [0.1, 0.15) is 18.2 Å². The van der Waals surface area contributed by atoms with E-state index in [-0.39, 0.29) is 22.3 Å². The predicted octanol–water partition coefficient (Wildman–Crippen LogP) is 4.71. The number of benzene rings is 2. The number of alkyl halides is 3. The minimum absolute atomic E-state index is 0.0180. The molecule has 0 aliphatic carbocycles. The van der Waals surface area contributed by atoms with Gasteiger partial charge in [-0.2, -0.15) is 13.2 Å². The van der Waals surface area contributed by atoms with Gasteiger partial charge in [0, 0.05) is 6.92 Å². The normalized spacial score (nSPS) is 11.6.